The number of nitrogens with one attached hydrogen (secondary N) is 1. The van der Waals surface area contributed by atoms with E-state index in [1.54, 1.807) is 14.2 Å². The molecule has 5 nitrogen and oxygen atoms in total. The van der Waals surface area contributed by atoms with E-state index in [0.717, 1.165) is 53.8 Å². The van der Waals surface area contributed by atoms with Crippen molar-refractivity contribution < 1.29 is 14.3 Å². The van der Waals surface area contributed by atoms with Crippen molar-refractivity contribution in [3.8, 4) is 11.5 Å². The lowest BCUT2D eigenvalue weighted by molar-refractivity contribution is -0.123. The number of anilines is 1. The van der Waals surface area contributed by atoms with E-state index < -0.39 is 0 Å². The number of fused-ring (bicyclic) bond motifs is 1. The molecule has 1 heterocycles. The van der Waals surface area contributed by atoms with Crippen LogP contribution in [0, 0.1) is 0 Å². The van der Waals surface area contributed by atoms with Crippen LogP contribution in [0.5, 0.6) is 11.5 Å². The number of amides is 1. The zero-order valence-corrected chi connectivity index (χ0v) is 18.4. The van der Waals surface area contributed by atoms with Crippen LogP contribution >= 0.6 is 0 Å². The molecule has 1 amide bonds. The third kappa shape index (κ3) is 4.76. The number of benzene rings is 3. The molecule has 0 bridgehead atoms. The minimum atomic E-state index is -0.189. The molecule has 0 spiro atoms. The quantitative estimate of drug-likeness (QED) is 0.628. The molecule has 0 unspecified atom stereocenters. The van der Waals surface area contributed by atoms with E-state index in [0.29, 0.717) is 0 Å². The number of nitrogens with zero attached hydrogens (tertiary/aromatic N) is 1. The summed E-state index contributed by atoms with van der Waals surface area (Å²) in [7, 11) is 3.35. The second kappa shape index (κ2) is 9.29. The predicted molar refractivity (Wildman–Crippen MR) is 125 cm³/mol. The zero-order chi connectivity index (χ0) is 21.8. The maximum Gasteiger partial charge on any atom is 0.227 e. The summed E-state index contributed by atoms with van der Waals surface area (Å²) in [6, 6.07) is 20.6. The Morgan fingerprint density at radius 3 is 2.19 bits per heavy atom. The van der Waals surface area contributed by atoms with Crippen molar-refractivity contribution in [2.45, 2.75) is 31.7 Å². The highest BCUT2D eigenvalue weighted by Crippen LogP contribution is 2.26. The number of methoxy groups -OCH3 is 2. The van der Waals surface area contributed by atoms with Crippen molar-refractivity contribution >= 4 is 22.4 Å². The average Bonchev–Trinajstić information content (AvgIpc) is 2.83. The molecule has 1 aliphatic rings. The zero-order valence-electron chi connectivity index (χ0n) is 18.4. The first-order valence-corrected chi connectivity index (χ1v) is 10.8. The Bertz CT molecular complexity index is 1040. The summed E-state index contributed by atoms with van der Waals surface area (Å²) in [5.41, 5.74) is 2.23. The molecule has 1 fully saturated rings. The smallest absolute Gasteiger partial charge is 0.227 e. The minimum absolute atomic E-state index is 0.0933. The number of hydrogen-bond acceptors (Lipinski definition) is 4. The SMILES string of the molecule is COc1ccc(N2CCC(NC(=O)[C@@H](C)c3ccc4cc(OC)ccc4c3)CC2)cc1. The highest BCUT2D eigenvalue weighted by molar-refractivity contribution is 5.88. The minimum Gasteiger partial charge on any atom is -0.497 e. The summed E-state index contributed by atoms with van der Waals surface area (Å²) in [5, 5.41) is 5.50. The molecular formula is C26H30N2O3. The van der Waals surface area contributed by atoms with Crippen LogP contribution in [0.1, 0.15) is 31.2 Å². The molecule has 1 N–H and O–H groups in total. The monoisotopic (exact) mass is 418 g/mol. The molecule has 5 heteroatoms. The van der Waals surface area contributed by atoms with Crippen molar-refractivity contribution in [3.05, 3.63) is 66.2 Å². The van der Waals surface area contributed by atoms with E-state index in [-0.39, 0.29) is 17.9 Å². The van der Waals surface area contributed by atoms with Crippen molar-refractivity contribution in [2.75, 3.05) is 32.2 Å². The topological polar surface area (TPSA) is 50.8 Å². The lowest BCUT2D eigenvalue weighted by Gasteiger charge is -2.34. The van der Waals surface area contributed by atoms with Crippen molar-refractivity contribution in [1.82, 2.24) is 5.32 Å². The first-order chi connectivity index (χ1) is 15.1. The Labute approximate surface area is 184 Å². The number of piperidine rings is 1. The summed E-state index contributed by atoms with van der Waals surface area (Å²) >= 11 is 0. The normalized spacial score (nSPS) is 15.5. The standard InChI is InChI=1S/C26H30N2O3/c1-18(19-4-5-21-17-25(31-3)9-6-20(21)16-19)26(29)27-22-12-14-28(15-13-22)23-7-10-24(30-2)11-8-23/h4-11,16-18,22H,12-15H2,1-3H3,(H,27,29)/t18-/m0/s1. The van der Waals surface area contributed by atoms with E-state index in [1.165, 1.54) is 5.69 Å². The molecule has 0 aromatic heterocycles. The maximum atomic E-state index is 12.9. The maximum absolute atomic E-state index is 12.9. The van der Waals surface area contributed by atoms with Gasteiger partial charge in [0, 0.05) is 24.8 Å². The first-order valence-electron chi connectivity index (χ1n) is 10.8. The van der Waals surface area contributed by atoms with Gasteiger partial charge in [-0.15, -0.1) is 0 Å². The van der Waals surface area contributed by atoms with Crippen LogP contribution in [0.4, 0.5) is 5.69 Å². The van der Waals surface area contributed by atoms with Crippen molar-refractivity contribution in [1.29, 1.82) is 0 Å². The van der Waals surface area contributed by atoms with Gasteiger partial charge in [0.2, 0.25) is 5.91 Å². The number of carbonyl (C=O) groups is 1. The van der Waals surface area contributed by atoms with Gasteiger partial charge < -0.3 is 19.7 Å². The van der Waals surface area contributed by atoms with Crippen LogP contribution in [0.15, 0.2) is 60.7 Å². The number of ether oxygens (including phenoxy) is 2. The second-order valence-corrected chi connectivity index (χ2v) is 8.16. The molecule has 1 saturated heterocycles. The summed E-state index contributed by atoms with van der Waals surface area (Å²) in [6.07, 6.45) is 1.89. The summed E-state index contributed by atoms with van der Waals surface area (Å²) in [5.74, 6) is 1.61. The number of carbonyl (C=O) groups excluding carboxylic acids is 1. The van der Waals surface area contributed by atoms with Gasteiger partial charge in [-0.1, -0.05) is 24.3 Å². The van der Waals surface area contributed by atoms with Crippen LogP contribution in [-0.4, -0.2) is 39.3 Å². The van der Waals surface area contributed by atoms with Crippen LogP contribution in [0.2, 0.25) is 0 Å². The molecular weight excluding hydrogens is 388 g/mol. The third-order valence-electron chi connectivity index (χ3n) is 6.24. The molecule has 31 heavy (non-hydrogen) atoms. The largest absolute Gasteiger partial charge is 0.497 e. The summed E-state index contributed by atoms with van der Waals surface area (Å²) in [6.45, 7) is 3.85. The van der Waals surface area contributed by atoms with E-state index in [2.05, 4.69) is 34.5 Å². The van der Waals surface area contributed by atoms with E-state index >= 15 is 0 Å². The van der Waals surface area contributed by atoms with E-state index in [9.17, 15) is 4.79 Å². The molecule has 0 saturated carbocycles. The van der Waals surface area contributed by atoms with Gasteiger partial charge in [-0.05, 0) is 72.5 Å². The van der Waals surface area contributed by atoms with Gasteiger partial charge >= 0.3 is 0 Å². The fourth-order valence-electron chi connectivity index (χ4n) is 4.19. The van der Waals surface area contributed by atoms with Crippen molar-refractivity contribution in [2.24, 2.45) is 0 Å². The number of rotatable bonds is 6. The van der Waals surface area contributed by atoms with E-state index in [4.69, 9.17) is 9.47 Å². The Kier molecular flexibility index (Phi) is 6.31. The molecule has 1 atom stereocenters. The van der Waals surface area contributed by atoms with Crippen LogP contribution in [-0.2, 0) is 4.79 Å². The molecule has 4 rings (SSSR count). The van der Waals surface area contributed by atoms with Crippen molar-refractivity contribution in [3.63, 3.8) is 0 Å². The first kappa shape index (κ1) is 21.0. The average molecular weight is 419 g/mol. The van der Waals surface area contributed by atoms with Crippen LogP contribution in [0.25, 0.3) is 10.8 Å². The Morgan fingerprint density at radius 2 is 1.52 bits per heavy atom. The third-order valence-corrected chi connectivity index (χ3v) is 6.24. The van der Waals surface area contributed by atoms with Gasteiger partial charge in [0.1, 0.15) is 11.5 Å². The summed E-state index contributed by atoms with van der Waals surface area (Å²) in [4.78, 5) is 15.3. The van der Waals surface area contributed by atoms with Gasteiger partial charge in [0.05, 0.1) is 20.1 Å². The fourth-order valence-corrected chi connectivity index (χ4v) is 4.19. The van der Waals surface area contributed by atoms with Gasteiger partial charge in [0.25, 0.3) is 0 Å². The molecule has 1 aliphatic heterocycles. The molecule has 3 aromatic rings. The Hall–Kier alpha value is -3.21. The Balaban J connectivity index is 1.34. The van der Waals surface area contributed by atoms with Gasteiger partial charge in [-0.25, -0.2) is 0 Å². The lowest BCUT2D eigenvalue weighted by Crippen LogP contribution is -2.45. The predicted octanol–water partition coefficient (Wildman–Crippen LogP) is 4.75. The van der Waals surface area contributed by atoms with Gasteiger partial charge in [-0.3, -0.25) is 4.79 Å². The highest BCUT2D eigenvalue weighted by atomic mass is 16.5. The Morgan fingerprint density at radius 1 is 0.903 bits per heavy atom. The number of hydrogen-bond donors (Lipinski definition) is 1. The van der Waals surface area contributed by atoms with E-state index in [1.807, 2.05) is 43.3 Å². The second-order valence-electron chi connectivity index (χ2n) is 8.16. The summed E-state index contributed by atoms with van der Waals surface area (Å²) < 4.78 is 10.5. The van der Waals surface area contributed by atoms with Crippen LogP contribution in [0.3, 0.4) is 0 Å². The van der Waals surface area contributed by atoms with Gasteiger partial charge in [-0.2, -0.15) is 0 Å². The lowest BCUT2D eigenvalue weighted by atomic mass is 9.96. The highest BCUT2D eigenvalue weighted by Gasteiger charge is 2.24. The van der Waals surface area contributed by atoms with Gasteiger partial charge in [0.15, 0.2) is 0 Å². The molecule has 3 aromatic carbocycles. The fraction of sp³-hybridized carbons (Fsp3) is 0.346. The molecule has 162 valence electrons. The molecule has 0 aliphatic carbocycles. The van der Waals surface area contributed by atoms with Crippen LogP contribution < -0.4 is 19.7 Å². The molecule has 0 radical (unpaired) electrons.